The number of hydrogen-bond donors (Lipinski definition) is 0. The lowest BCUT2D eigenvalue weighted by atomic mass is 10.0. The molecule has 0 saturated heterocycles. The van der Waals surface area contributed by atoms with Crippen LogP contribution in [0.2, 0.25) is 10.0 Å². The van der Waals surface area contributed by atoms with E-state index in [-0.39, 0.29) is 12.2 Å². The number of carbonyl (C=O) groups excluding carboxylic acids is 2. The van der Waals surface area contributed by atoms with Crippen LogP contribution < -0.4 is 0 Å². The van der Waals surface area contributed by atoms with Crippen LogP contribution in [0.1, 0.15) is 40.4 Å². The minimum atomic E-state index is -0.854. The second-order valence-electron chi connectivity index (χ2n) is 6.21. The second-order valence-corrected chi connectivity index (χ2v) is 7.02. The molecule has 0 aromatic heterocycles. The van der Waals surface area contributed by atoms with Gasteiger partial charge in [0, 0.05) is 21.2 Å². The number of halogens is 2. The molecule has 0 unspecified atom stereocenters. The molecule has 3 rings (SSSR count). The summed E-state index contributed by atoms with van der Waals surface area (Å²) in [4.78, 5) is 24.7. The van der Waals surface area contributed by atoms with E-state index in [1.165, 1.54) is 11.1 Å². The maximum absolute atomic E-state index is 12.5. The molecule has 1 aliphatic carbocycles. The monoisotopic (exact) mass is 376 g/mol. The number of fused-ring (bicyclic) bond motifs is 1. The molecular formula is C20H18Cl2O3. The Morgan fingerprint density at radius 1 is 1.08 bits per heavy atom. The van der Waals surface area contributed by atoms with Crippen molar-refractivity contribution in [2.45, 2.75) is 38.7 Å². The van der Waals surface area contributed by atoms with Crippen molar-refractivity contribution in [2.24, 2.45) is 0 Å². The topological polar surface area (TPSA) is 43.4 Å². The van der Waals surface area contributed by atoms with Gasteiger partial charge < -0.3 is 4.74 Å². The molecular weight excluding hydrogens is 359 g/mol. The van der Waals surface area contributed by atoms with Gasteiger partial charge in [-0.15, -0.1) is 0 Å². The minimum Gasteiger partial charge on any atom is -0.454 e. The molecule has 1 aliphatic rings. The molecule has 0 N–H and O–H groups in total. The molecule has 5 heteroatoms. The maximum Gasteiger partial charge on any atom is 0.311 e. The number of carbonyl (C=O) groups is 2. The van der Waals surface area contributed by atoms with Gasteiger partial charge in [-0.3, -0.25) is 9.59 Å². The Morgan fingerprint density at radius 3 is 2.48 bits per heavy atom. The van der Waals surface area contributed by atoms with Crippen molar-refractivity contribution in [1.29, 1.82) is 0 Å². The summed E-state index contributed by atoms with van der Waals surface area (Å²) in [5, 5.41) is 0.809. The van der Waals surface area contributed by atoms with Crippen molar-refractivity contribution in [3.8, 4) is 0 Å². The zero-order valence-corrected chi connectivity index (χ0v) is 15.4. The lowest BCUT2D eigenvalue weighted by molar-refractivity contribution is -0.145. The zero-order chi connectivity index (χ0) is 18.0. The first-order valence-electron chi connectivity index (χ1n) is 8.24. The Balaban J connectivity index is 1.66. The molecule has 130 valence electrons. The Hall–Kier alpha value is -1.84. The van der Waals surface area contributed by atoms with Gasteiger partial charge in [0.25, 0.3) is 0 Å². The molecule has 25 heavy (non-hydrogen) atoms. The van der Waals surface area contributed by atoms with Crippen molar-refractivity contribution >= 4 is 35.0 Å². The Morgan fingerprint density at radius 2 is 1.76 bits per heavy atom. The summed E-state index contributed by atoms with van der Waals surface area (Å²) in [5.41, 5.74) is 3.60. The van der Waals surface area contributed by atoms with Gasteiger partial charge in [0.2, 0.25) is 5.78 Å². The number of rotatable bonds is 5. The smallest absolute Gasteiger partial charge is 0.311 e. The lowest BCUT2D eigenvalue weighted by Crippen LogP contribution is -2.25. The molecule has 1 atom stereocenters. The third kappa shape index (κ3) is 4.05. The van der Waals surface area contributed by atoms with Gasteiger partial charge in [0.1, 0.15) is 0 Å². The molecule has 0 heterocycles. The van der Waals surface area contributed by atoms with Crippen LogP contribution in [0.15, 0.2) is 36.4 Å². The van der Waals surface area contributed by atoms with Crippen LogP contribution >= 0.6 is 23.2 Å². The Labute approximate surface area is 156 Å². The highest BCUT2D eigenvalue weighted by molar-refractivity contribution is 6.36. The first kappa shape index (κ1) is 18.0. The highest BCUT2D eigenvalue weighted by atomic mass is 35.5. The number of aryl methyl sites for hydroxylation is 2. The standard InChI is InChI=1S/C20H18Cl2O3/c1-12(20(24)15-9-8-13-4-2-5-14(13)10-15)25-19(23)11-16-17(21)6-3-7-18(16)22/h3,6-10,12H,2,4-5,11H2,1H3/t12-/m0/s1. The van der Waals surface area contributed by atoms with Crippen LogP contribution in [0.4, 0.5) is 0 Å². The van der Waals surface area contributed by atoms with Gasteiger partial charge >= 0.3 is 5.97 Å². The summed E-state index contributed by atoms with van der Waals surface area (Å²) in [6, 6.07) is 10.7. The van der Waals surface area contributed by atoms with Gasteiger partial charge in [-0.2, -0.15) is 0 Å². The minimum absolute atomic E-state index is 0.0691. The average molecular weight is 377 g/mol. The number of hydrogen-bond acceptors (Lipinski definition) is 3. The molecule has 0 aliphatic heterocycles. The van der Waals surface area contributed by atoms with E-state index in [0.29, 0.717) is 21.2 Å². The van der Waals surface area contributed by atoms with Gasteiger partial charge in [0.05, 0.1) is 6.42 Å². The fourth-order valence-electron chi connectivity index (χ4n) is 3.10. The Bertz CT molecular complexity index is 809. The van der Waals surface area contributed by atoms with E-state index in [4.69, 9.17) is 27.9 Å². The van der Waals surface area contributed by atoms with Crippen LogP contribution in [-0.2, 0) is 28.8 Å². The highest BCUT2D eigenvalue weighted by Crippen LogP contribution is 2.26. The number of esters is 1. The first-order valence-corrected chi connectivity index (χ1v) is 8.99. The predicted molar refractivity (Wildman–Crippen MR) is 98.5 cm³/mol. The lowest BCUT2D eigenvalue weighted by Gasteiger charge is -2.14. The summed E-state index contributed by atoms with van der Waals surface area (Å²) >= 11 is 12.1. The number of ether oxygens (including phenoxy) is 1. The van der Waals surface area contributed by atoms with E-state index in [1.807, 2.05) is 18.2 Å². The summed E-state index contributed by atoms with van der Waals surface area (Å²) < 4.78 is 5.29. The van der Waals surface area contributed by atoms with E-state index >= 15 is 0 Å². The van der Waals surface area contributed by atoms with Crippen LogP contribution in [-0.4, -0.2) is 17.9 Å². The van der Waals surface area contributed by atoms with Crippen molar-refractivity contribution < 1.29 is 14.3 Å². The average Bonchev–Trinajstić information content (AvgIpc) is 3.05. The zero-order valence-electron chi connectivity index (χ0n) is 13.9. The van der Waals surface area contributed by atoms with E-state index in [2.05, 4.69) is 0 Å². The summed E-state index contributed by atoms with van der Waals surface area (Å²) in [6.45, 7) is 1.58. The van der Waals surface area contributed by atoms with E-state index in [9.17, 15) is 9.59 Å². The van der Waals surface area contributed by atoms with Gasteiger partial charge in [0.15, 0.2) is 6.10 Å². The largest absolute Gasteiger partial charge is 0.454 e. The molecule has 2 aromatic rings. The third-order valence-corrected chi connectivity index (χ3v) is 5.15. The predicted octanol–water partition coefficient (Wildman–Crippen LogP) is 4.84. The van der Waals surface area contributed by atoms with Crippen molar-refractivity contribution in [2.75, 3.05) is 0 Å². The van der Waals surface area contributed by atoms with Crippen LogP contribution in [0, 0.1) is 0 Å². The molecule has 0 bridgehead atoms. The molecule has 0 radical (unpaired) electrons. The number of ketones is 1. The molecule has 0 amide bonds. The van der Waals surface area contributed by atoms with E-state index in [0.717, 1.165) is 19.3 Å². The molecule has 0 saturated carbocycles. The quantitative estimate of drug-likeness (QED) is 0.553. The number of Topliss-reactive ketones (excluding diaryl/α,β-unsaturated/α-hetero) is 1. The molecule has 2 aromatic carbocycles. The van der Waals surface area contributed by atoms with Gasteiger partial charge in [-0.25, -0.2) is 0 Å². The van der Waals surface area contributed by atoms with Gasteiger partial charge in [-0.1, -0.05) is 41.4 Å². The van der Waals surface area contributed by atoms with Crippen LogP contribution in [0.3, 0.4) is 0 Å². The summed E-state index contributed by atoms with van der Waals surface area (Å²) in [6.07, 6.45) is 2.26. The maximum atomic E-state index is 12.5. The molecule has 0 spiro atoms. The van der Waals surface area contributed by atoms with Crippen molar-refractivity contribution in [1.82, 2.24) is 0 Å². The molecule has 0 fully saturated rings. The van der Waals surface area contributed by atoms with E-state index in [1.54, 1.807) is 25.1 Å². The summed E-state index contributed by atoms with van der Waals surface area (Å²) in [5.74, 6) is -0.731. The highest BCUT2D eigenvalue weighted by Gasteiger charge is 2.22. The van der Waals surface area contributed by atoms with Crippen LogP contribution in [0.25, 0.3) is 0 Å². The van der Waals surface area contributed by atoms with Gasteiger partial charge in [-0.05, 0) is 55.5 Å². The fourth-order valence-corrected chi connectivity index (χ4v) is 3.63. The van der Waals surface area contributed by atoms with Crippen molar-refractivity contribution in [3.05, 3.63) is 68.7 Å². The summed E-state index contributed by atoms with van der Waals surface area (Å²) in [7, 11) is 0. The SMILES string of the molecule is C[C@H](OC(=O)Cc1c(Cl)cccc1Cl)C(=O)c1ccc2c(c1)CCC2. The van der Waals surface area contributed by atoms with E-state index < -0.39 is 12.1 Å². The fraction of sp³-hybridized carbons (Fsp3) is 0.300. The normalized spacial score (nSPS) is 14.0. The van der Waals surface area contributed by atoms with Crippen LogP contribution in [0.5, 0.6) is 0 Å². The first-order chi connectivity index (χ1) is 12.0. The Kier molecular flexibility index (Phi) is 5.45. The molecule has 3 nitrogen and oxygen atoms in total. The van der Waals surface area contributed by atoms with Crippen molar-refractivity contribution in [3.63, 3.8) is 0 Å². The third-order valence-electron chi connectivity index (χ3n) is 4.44. The number of benzene rings is 2. The second kappa shape index (κ2) is 7.59.